The van der Waals surface area contributed by atoms with Gasteiger partial charge < -0.3 is 29.6 Å². The highest BCUT2D eigenvalue weighted by atomic mass is 16.5. The van der Waals surface area contributed by atoms with E-state index >= 15 is 0 Å². The SMILES string of the molecule is COc1ccc2cc1OCCN(C(=O)C(C)C)CC(=O)N[C@H](C(C)C)C(=O)NCCn1ccnc1-2. The van der Waals surface area contributed by atoms with E-state index in [-0.39, 0.29) is 43.3 Å². The van der Waals surface area contributed by atoms with Crippen molar-refractivity contribution in [3.8, 4) is 22.9 Å². The van der Waals surface area contributed by atoms with Crippen molar-refractivity contribution in [2.24, 2.45) is 11.8 Å². The number of carbonyl (C=O) groups excluding carboxylic acids is 3. The molecule has 1 aromatic carbocycles. The van der Waals surface area contributed by atoms with Gasteiger partial charge in [0, 0.05) is 37.0 Å². The number of carbonyl (C=O) groups is 3. The number of methoxy groups -OCH3 is 1. The molecule has 35 heavy (non-hydrogen) atoms. The molecule has 3 amide bonds. The van der Waals surface area contributed by atoms with Gasteiger partial charge >= 0.3 is 0 Å². The number of ether oxygens (including phenoxy) is 2. The molecule has 0 spiro atoms. The molecule has 2 heterocycles. The first-order valence-corrected chi connectivity index (χ1v) is 11.9. The predicted octanol–water partition coefficient (Wildman–Crippen LogP) is 1.69. The number of nitrogens with one attached hydrogen (secondary N) is 2. The van der Waals surface area contributed by atoms with Gasteiger partial charge in [0.15, 0.2) is 11.5 Å². The first kappa shape index (κ1) is 26.1. The van der Waals surface area contributed by atoms with Crippen LogP contribution in [0.5, 0.6) is 11.5 Å². The largest absolute Gasteiger partial charge is 0.493 e. The van der Waals surface area contributed by atoms with Gasteiger partial charge in [0.1, 0.15) is 18.5 Å². The fourth-order valence-electron chi connectivity index (χ4n) is 3.91. The third-order valence-electron chi connectivity index (χ3n) is 5.81. The highest BCUT2D eigenvalue weighted by Crippen LogP contribution is 2.32. The van der Waals surface area contributed by atoms with E-state index in [1.807, 2.05) is 36.7 Å². The molecule has 10 nitrogen and oxygen atoms in total. The van der Waals surface area contributed by atoms with Crippen molar-refractivity contribution in [1.29, 1.82) is 0 Å². The molecule has 3 rings (SSSR count). The standard InChI is InChI=1S/C25H35N5O5/c1-16(2)22-24(32)27-9-11-29-10-8-26-23(29)18-6-7-19(34-5)20(14-18)35-13-12-30(15-21(31)28-22)25(33)17(3)4/h6-8,10,14,16-17,22H,9,11-13,15H2,1-5H3,(H,27,32)(H,28,31)/t22-/m1/s1. The lowest BCUT2D eigenvalue weighted by molar-refractivity contribution is -0.139. The fraction of sp³-hybridized carbons (Fsp3) is 0.520. The van der Waals surface area contributed by atoms with Gasteiger partial charge in [-0.1, -0.05) is 27.7 Å². The third kappa shape index (κ3) is 6.52. The van der Waals surface area contributed by atoms with Crippen molar-refractivity contribution in [3.63, 3.8) is 0 Å². The highest BCUT2D eigenvalue weighted by Gasteiger charge is 2.27. The zero-order chi connectivity index (χ0) is 25.5. The van der Waals surface area contributed by atoms with Crippen LogP contribution in [0.1, 0.15) is 27.7 Å². The summed E-state index contributed by atoms with van der Waals surface area (Å²) in [6, 6.07) is 4.82. The van der Waals surface area contributed by atoms with Gasteiger partial charge in [-0.15, -0.1) is 0 Å². The van der Waals surface area contributed by atoms with Gasteiger partial charge in [0.25, 0.3) is 0 Å². The van der Waals surface area contributed by atoms with E-state index in [2.05, 4.69) is 15.6 Å². The first-order chi connectivity index (χ1) is 16.7. The van der Waals surface area contributed by atoms with Crippen LogP contribution >= 0.6 is 0 Å². The van der Waals surface area contributed by atoms with Crippen LogP contribution < -0.4 is 20.1 Å². The zero-order valence-electron chi connectivity index (χ0n) is 21.0. The number of hydrogen-bond acceptors (Lipinski definition) is 6. The normalized spacial score (nSPS) is 17.8. The molecule has 1 aromatic heterocycles. The van der Waals surface area contributed by atoms with Crippen LogP contribution in [0.15, 0.2) is 30.6 Å². The Kier molecular flexibility index (Phi) is 8.73. The summed E-state index contributed by atoms with van der Waals surface area (Å²) in [6.45, 7) is 8.35. The Morgan fingerprint density at radius 2 is 1.97 bits per heavy atom. The molecule has 2 bridgehead atoms. The molecule has 0 saturated carbocycles. The van der Waals surface area contributed by atoms with E-state index in [0.29, 0.717) is 24.6 Å². The second kappa shape index (κ2) is 11.7. The van der Waals surface area contributed by atoms with Crippen molar-refractivity contribution in [2.45, 2.75) is 40.3 Å². The van der Waals surface area contributed by atoms with Crippen molar-refractivity contribution < 1.29 is 23.9 Å². The topological polar surface area (TPSA) is 115 Å². The molecule has 10 heteroatoms. The number of rotatable bonds is 3. The van der Waals surface area contributed by atoms with Gasteiger partial charge in [-0.2, -0.15) is 0 Å². The Labute approximate surface area is 206 Å². The molecular formula is C25H35N5O5. The number of fused-ring (bicyclic) bond motifs is 4. The Bertz CT molecular complexity index is 1050. The molecule has 190 valence electrons. The number of hydrogen-bond donors (Lipinski definition) is 2. The minimum atomic E-state index is -0.716. The van der Waals surface area contributed by atoms with Crippen molar-refractivity contribution in [1.82, 2.24) is 25.1 Å². The number of nitrogens with zero attached hydrogens (tertiary/aromatic N) is 3. The van der Waals surface area contributed by atoms with Crippen molar-refractivity contribution in [2.75, 3.05) is 33.4 Å². The molecule has 0 saturated heterocycles. The van der Waals surface area contributed by atoms with Gasteiger partial charge in [0.2, 0.25) is 17.7 Å². The summed E-state index contributed by atoms with van der Waals surface area (Å²) < 4.78 is 13.4. The summed E-state index contributed by atoms with van der Waals surface area (Å²) in [6.07, 6.45) is 3.55. The van der Waals surface area contributed by atoms with Gasteiger partial charge in [-0.25, -0.2) is 4.98 Å². The van der Waals surface area contributed by atoms with E-state index in [4.69, 9.17) is 9.47 Å². The van der Waals surface area contributed by atoms with Crippen LogP contribution in [-0.2, 0) is 20.9 Å². The van der Waals surface area contributed by atoms with Gasteiger partial charge in [-0.05, 0) is 24.1 Å². The van der Waals surface area contributed by atoms with E-state index in [0.717, 1.165) is 11.4 Å². The molecule has 2 N–H and O–H groups in total. The fourth-order valence-corrected chi connectivity index (χ4v) is 3.91. The molecule has 2 aromatic rings. The summed E-state index contributed by atoms with van der Waals surface area (Å²) in [5.41, 5.74) is 0.827. The number of aromatic nitrogens is 2. The monoisotopic (exact) mass is 485 g/mol. The Morgan fingerprint density at radius 3 is 2.66 bits per heavy atom. The van der Waals surface area contributed by atoms with Crippen LogP contribution in [0.3, 0.4) is 0 Å². The molecule has 0 radical (unpaired) electrons. The van der Waals surface area contributed by atoms with Crippen LogP contribution in [0, 0.1) is 11.8 Å². The van der Waals surface area contributed by atoms with E-state index in [9.17, 15) is 14.4 Å². The van der Waals surface area contributed by atoms with Crippen molar-refractivity contribution >= 4 is 17.7 Å². The Hall–Kier alpha value is -3.56. The third-order valence-corrected chi connectivity index (χ3v) is 5.81. The second-order valence-corrected chi connectivity index (χ2v) is 9.15. The zero-order valence-corrected chi connectivity index (χ0v) is 21.0. The lowest BCUT2D eigenvalue weighted by atomic mass is 10.0. The number of amides is 3. The van der Waals surface area contributed by atoms with E-state index in [1.165, 1.54) is 4.90 Å². The van der Waals surface area contributed by atoms with Gasteiger partial charge in [-0.3, -0.25) is 14.4 Å². The lowest BCUT2D eigenvalue weighted by Crippen LogP contribution is -2.53. The minimum absolute atomic E-state index is 0.128. The Morgan fingerprint density at radius 1 is 1.20 bits per heavy atom. The van der Waals surface area contributed by atoms with Gasteiger partial charge in [0.05, 0.1) is 20.2 Å². The first-order valence-electron chi connectivity index (χ1n) is 11.9. The average molecular weight is 486 g/mol. The summed E-state index contributed by atoms with van der Waals surface area (Å²) in [5, 5.41) is 5.71. The predicted molar refractivity (Wildman–Crippen MR) is 131 cm³/mol. The summed E-state index contributed by atoms with van der Waals surface area (Å²) in [7, 11) is 1.56. The maximum absolute atomic E-state index is 12.9. The summed E-state index contributed by atoms with van der Waals surface area (Å²) in [5.74, 6) is 0.532. The smallest absolute Gasteiger partial charge is 0.242 e. The Balaban J connectivity index is 1.94. The van der Waals surface area contributed by atoms with E-state index in [1.54, 1.807) is 33.2 Å². The molecule has 0 fully saturated rings. The minimum Gasteiger partial charge on any atom is -0.493 e. The maximum Gasteiger partial charge on any atom is 0.242 e. The molecule has 1 atom stereocenters. The van der Waals surface area contributed by atoms with Crippen LogP contribution in [0.25, 0.3) is 11.4 Å². The van der Waals surface area contributed by atoms with Crippen LogP contribution in [0.2, 0.25) is 0 Å². The average Bonchev–Trinajstić information content (AvgIpc) is 3.29. The summed E-state index contributed by atoms with van der Waals surface area (Å²) in [4.78, 5) is 44.4. The van der Waals surface area contributed by atoms with E-state index < -0.39 is 11.9 Å². The molecule has 0 unspecified atom stereocenters. The molecule has 1 aliphatic heterocycles. The van der Waals surface area contributed by atoms with Crippen LogP contribution in [0.4, 0.5) is 0 Å². The lowest BCUT2D eigenvalue weighted by Gasteiger charge is -2.27. The van der Waals surface area contributed by atoms with Crippen molar-refractivity contribution in [3.05, 3.63) is 30.6 Å². The van der Waals surface area contributed by atoms with Crippen LogP contribution in [-0.4, -0.2) is 71.6 Å². The quantitative estimate of drug-likeness (QED) is 0.684. The number of benzene rings is 1. The second-order valence-electron chi connectivity index (χ2n) is 9.15. The molecule has 1 aliphatic rings. The molecular weight excluding hydrogens is 450 g/mol. The number of imidazole rings is 1. The summed E-state index contributed by atoms with van der Waals surface area (Å²) >= 11 is 0. The molecule has 0 aliphatic carbocycles. The maximum atomic E-state index is 12.9. The highest BCUT2D eigenvalue weighted by molar-refractivity contribution is 5.90.